The van der Waals surface area contributed by atoms with Crippen molar-refractivity contribution in [1.82, 2.24) is 10.3 Å². The third kappa shape index (κ3) is 3.18. The van der Waals surface area contributed by atoms with Crippen molar-refractivity contribution in [3.8, 4) is 5.75 Å². The summed E-state index contributed by atoms with van der Waals surface area (Å²) in [6, 6.07) is 3.06. The van der Waals surface area contributed by atoms with Crippen molar-refractivity contribution in [3.05, 3.63) is 38.8 Å². The minimum atomic E-state index is -0.262. The predicted molar refractivity (Wildman–Crippen MR) is 87.7 cm³/mol. The van der Waals surface area contributed by atoms with Gasteiger partial charge in [-0.3, -0.25) is 4.79 Å². The summed E-state index contributed by atoms with van der Waals surface area (Å²) in [5.74, 6) is 0.760. The molecular weight excluding hydrogens is 322 g/mol. The number of rotatable bonds is 5. The summed E-state index contributed by atoms with van der Waals surface area (Å²) in [6.45, 7) is 0.390. The van der Waals surface area contributed by atoms with Gasteiger partial charge in [0.2, 0.25) is 0 Å². The number of nitrogens with zero attached hydrogens (tertiary/aromatic N) is 1. The van der Waals surface area contributed by atoms with E-state index in [2.05, 4.69) is 15.7 Å². The average molecular weight is 338 g/mol. The average Bonchev–Trinajstić information content (AvgIpc) is 3.26. The van der Waals surface area contributed by atoms with Gasteiger partial charge in [0.1, 0.15) is 10.8 Å². The van der Waals surface area contributed by atoms with E-state index in [0.29, 0.717) is 34.5 Å². The Hall–Kier alpha value is -1.79. The van der Waals surface area contributed by atoms with Gasteiger partial charge in [-0.2, -0.15) is 0 Å². The van der Waals surface area contributed by atoms with Crippen LogP contribution in [-0.4, -0.2) is 18.0 Å². The van der Waals surface area contributed by atoms with E-state index in [-0.39, 0.29) is 5.91 Å². The molecule has 1 aromatic heterocycles. The van der Waals surface area contributed by atoms with Gasteiger partial charge in [0.15, 0.2) is 0 Å². The summed E-state index contributed by atoms with van der Waals surface area (Å²) in [5.41, 5.74) is 7.60. The van der Waals surface area contributed by atoms with Crippen LogP contribution in [0.25, 0.3) is 0 Å². The number of carbonyl (C=O) groups is 1. The molecule has 1 aromatic carbocycles. The van der Waals surface area contributed by atoms with E-state index in [9.17, 15) is 4.79 Å². The van der Waals surface area contributed by atoms with Crippen LogP contribution in [0.3, 0.4) is 0 Å². The fourth-order valence-electron chi connectivity index (χ4n) is 2.14. The summed E-state index contributed by atoms with van der Waals surface area (Å²) >= 11 is 7.55. The predicted octanol–water partition coefficient (Wildman–Crippen LogP) is 3.19. The lowest BCUT2D eigenvalue weighted by atomic mass is 10.1. The van der Waals surface area contributed by atoms with Crippen molar-refractivity contribution >= 4 is 34.5 Å². The molecule has 0 saturated heterocycles. The molecule has 5 nitrogen and oxygen atoms in total. The molecule has 22 heavy (non-hydrogen) atoms. The van der Waals surface area contributed by atoms with Gasteiger partial charge >= 0.3 is 0 Å². The van der Waals surface area contributed by atoms with Gasteiger partial charge in [-0.1, -0.05) is 11.6 Å². The number of carbonyl (C=O) groups excluding carboxylic acids is 1. The fourth-order valence-corrected chi connectivity index (χ4v) is 3.12. The van der Waals surface area contributed by atoms with E-state index in [1.54, 1.807) is 17.4 Å². The van der Waals surface area contributed by atoms with Crippen molar-refractivity contribution < 1.29 is 9.53 Å². The standard InChI is InChI=1S/C15H16ClN3O2S/c1-21-13-5-11(17)10(16)4-9(13)15(20)18-6-14-19-12(7-22-14)8-2-3-8/h4-5,7-8H,2-3,6,17H2,1H3,(H,18,20). The van der Waals surface area contributed by atoms with Gasteiger partial charge in [-0.25, -0.2) is 4.98 Å². The molecule has 1 saturated carbocycles. The van der Waals surface area contributed by atoms with Crippen molar-refractivity contribution in [2.24, 2.45) is 0 Å². The van der Waals surface area contributed by atoms with Crippen LogP contribution < -0.4 is 15.8 Å². The highest BCUT2D eigenvalue weighted by Crippen LogP contribution is 2.40. The number of anilines is 1. The Morgan fingerprint density at radius 3 is 3.00 bits per heavy atom. The molecule has 1 amide bonds. The molecule has 7 heteroatoms. The maximum atomic E-state index is 12.3. The number of methoxy groups -OCH3 is 1. The monoisotopic (exact) mass is 337 g/mol. The van der Waals surface area contributed by atoms with E-state index in [0.717, 1.165) is 10.7 Å². The first kappa shape index (κ1) is 15.1. The zero-order chi connectivity index (χ0) is 15.7. The zero-order valence-electron chi connectivity index (χ0n) is 12.1. The molecule has 0 unspecified atom stereocenters. The van der Waals surface area contributed by atoms with Gasteiger partial charge in [0.25, 0.3) is 5.91 Å². The van der Waals surface area contributed by atoms with Crippen LogP contribution in [0.1, 0.15) is 39.8 Å². The van der Waals surface area contributed by atoms with Gasteiger partial charge in [0.05, 0.1) is 35.6 Å². The highest BCUT2D eigenvalue weighted by molar-refractivity contribution is 7.09. The fraction of sp³-hybridized carbons (Fsp3) is 0.333. The topological polar surface area (TPSA) is 77.2 Å². The third-order valence-corrected chi connectivity index (χ3v) is 4.72. The number of nitrogens with one attached hydrogen (secondary N) is 1. The van der Waals surface area contributed by atoms with E-state index in [1.165, 1.54) is 26.0 Å². The van der Waals surface area contributed by atoms with Gasteiger partial charge in [-0.15, -0.1) is 11.3 Å². The number of benzene rings is 1. The van der Waals surface area contributed by atoms with E-state index in [1.807, 2.05) is 0 Å². The molecule has 1 heterocycles. The molecule has 0 atom stereocenters. The van der Waals surface area contributed by atoms with Crippen molar-refractivity contribution in [3.63, 3.8) is 0 Å². The smallest absolute Gasteiger partial charge is 0.255 e. The van der Waals surface area contributed by atoms with Gasteiger partial charge in [0, 0.05) is 17.4 Å². The molecule has 3 rings (SSSR count). The van der Waals surface area contributed by atoms with Crippen LogP contribution in [0, 0.1) is 0 Å². The molecule has 0 bridgehead atoms. The summed E-state index contributed by atoms with van der Waals surface area (Å²) < 4.78 is 5.19. The minimum Gasteiger partial charge on any atom is -0.496 e. The second-order valence-corrected chi connectivity index (χ2v) is 6.55. The Kier molecular flexibility index (Phi) is 4.22. The van der Waals surface area contributed by atoms with Crippen LogP contribution in [0.15, 0.2) is 17.5 Å². The number of ether oxygens (including phenoxy) is 1. The Bertz CT molecular complexity index is 713. The number of nitrogen functional groups attached to an aromatic ring is 1. The number of nitrogens with two attached hydrogens (primary N) is 1. The second-order valence-electron chi connectivity index (χ2n) is 5.20. The minimum absolute atomic E-state index is 0.262. The lowest BCUT2D eigenvalue weighted by Crippen LogP contribution is -2.23. The van der Waals surface area contributed by atoms with E-state index >= 15 is 0 Å². The van der Waals surface area contributed by atoms with E-state index in [4.69, 9.17) is 22.1 Å². The molecule has 0 spiro atoms. The first-order valence-electron chi connectivity index (χ1n) is 6.94. The molecule has 1 fully saturated rings. The summed E-state index contributed by atoms with van der Waals surface area (Å²) in [5, 5.41) is 6.14. The highest BCUT2D eigenvalue weighted by Gasteiger charge is 2.26. The summed E-state index contributed by atoms with van der Waals surface area (Å²) in [7, 11) is 1.49. The van der Waals surface area contributed by atoms with E-state index < -0.39 is 0 Å². The number of hydrogen-bond donors (Lipinski definition) is 2. The Morgan fingerprint density at radius 2 is 2.32 bits per heavy atom. The molecule has 2 aromatic rings. The third-order valence-electron chi connectivity index (χ3n) is 3.53. The zero-order valence-corrected chi connectivity index (χ0v) is 13.6. The highest BCUT2D eigenvalue weighted by atomic mass is 35.5. The van der Waals surface area contributed by atoms with Gasteiger partial charge < -0.3 is 15.8 Å². The number of hydrogen-bond acceptors (Lipinski definition) is 5. The lowest BCUT2D eigenvalue weighted by Gasteiger charge is -2.10. The Labute approximate surface area is 137 Å². The van der Waals surface area contributed by atoms with Crippen LogP contribution in [0.4, 0.5) is 5.69 Å². The lowest BCUT2D eigenvalue weighted by molar-refractivity contribution is 0.0948. The molecule has 3 N–H and O–H groups in total. The second kappa shape index (κ2) is 6.14. The van der Waals surface area contributed by atoms with Crippen LogP contribution >= 0.6 is 22.9 Å². The van der Waals surface area contributed by atoms with Crippen LogP contribution in [-0.2, 0) is 6.54 Å². The number of halogens is 1. The maximum Gasteiger partial charge on any atom is 0.255 e. The van der Waals surface area contributed by atoms with Gasteiger partial charge in [-0.05, 0) is 18.9 Å². The van der Waals surface area contributed by atoms with Crippen LogP contribution in [0.2, 0.25) is 5.02 Å². The quantitative estimate of drug-likeness (QED) is 0.821. The number of aromatic nitrogens is 1. The summed E-state index contributed by atoms with van der Waals surface area (Å²) in [4.78, 5) is 16.8. The SMILES string of the molecule is COc1cc(N)c(Cl)cc1C(=O)NCc1nc(C2CC2)cs1. The first-order valence-corrected chi connectivity index (χ1v) is 8.19. The molecule has 1 aliphatic rings. The molecule has 0 radical (unpaired) electrons. The van der Waals surface area contributed by atoms with Crippen molar-refractivity contribution in [2.75, 3.05) is 12.8 Å². The largest absolute Gasteiger partial charge is 0.496 e. The van der Waals surface area contributed by atoms with Crippen LogP contribution in [0.5, 0.6) is 5.75 Å². The normalized spacial score (nSPS) is 13.9. The van der Waals surface area contributed by atoms with Crippen molar-refractivity contribution in [2.45, 2.75) is 25.3 Å². The first-order chi connectivity index (χ1) is 10.6. The van der Waals surface area contributed by atoms with Crippen molar-refractivity contribution in [1.29, 1.82) is 0 Å². The molecular formula is C15H16ClN3O2S. The Balaban J connectivity index is 1.69. The molecule has 1 aliphatic carbocycles. The molecule has 116 valence electrons. The molecule has 0 aliphatic heterocycles. The number of amides is 1. The number of thiazole rings is 1. The maximum absolute atomic E-state index is 12.3. The Morgan fingerprint density at radius 1 is 1.55 bits per heavy atom. The summed E-state index contributed by atoms with van der Waals surface area (Å²) in [6.07, 6.45) is 2.44.